The van der Waals surface area contributed by atoms with E-state index in [4.69, 9.17) is 9.47 Å². The number of benzene rings is 1. The summed E-state index contributed by atoms with van der Waals surface area (Å²) in [5.41, 5.74) is 0.528. The second-order valence-corrected chi connectivity index (χ2v) is 3.46. The second-order valence-electron chi connectivity index (χ2n) is 3.46. The Morgan fingerprint density at radius 3 is 2.53 bits per heavy atom. The fourth-order valence-electron chi connectivity index (χ4n) is 1.31. The molecule has 0 saturated carbocycles. The van der Waals surface area contributed by atoms with Crippen LogP contribution >= 0.6 is 0 Å². The largest absolute Gasteiger partial charge is 0.497 e. The third kappa shape index (κ3) is 4.05. The molecule has 0 aliphatic carbocycles. The number of nitrogens with one attached hydrogen (secondary N) is 1. The van der Waals surface area contributed by atoms with E-state index in [2.05, 4.69) is 5.32 Å². The maximum absolute atomic E-state index is 11.5. The molecule has 1 unspecified atom stereocenters. The fourth-order valence-corrected chi connectivity index (χ4v) is 1.31. The van der Waals surface area contributed by atoms with Crippen molar-refractivity contribution in [1.82, 2.24) is 5.32 Å². The van der Waals surface area contributed by atoms with Gasteiger partial charge in [-0.2, -0.15) is 0 Å². The highest BCUT2D eigenvalue weighted by atomic mass is 16.5. The van der Waals surface area contributed by atoms with Crippen LogP contribution in [0.1, 0.15) is 11.7 Å². The maximum Gasteiger partial charge on any atom is 0.253 e. The minimum absolute atomic E-state index is 0.378. The van der Waals surface area contributed by atoms with Crippen molar-refractivity contribution < 1.29 is 19.4 Å². The number of hydrogen-bond donors (Lipinski definition) is 2. The average molecular weight is 239 g/mol. The third-order valence-electron chi connectivity index (χ3n) is 2.29. The first kappa shape index (κ1) is 13.5. The van der Waals surface area contributed by atoms with Crippen molar-refractivity contribution in [3.8, 4) is 5.75 Å². The lowest BCUT2D eigenvalue weighted by Crippen LogP contribution is -2.31. The average Bonchev–Trinajstić information content (AvgIpc) is 2.38. The SMILES string of the molecule is COCCNC(=O)C(O)c1ccc(OC)cc1. The number of carbonyl (C=O) groups is 1. The molecule has 5 heteroatoms. The van der Waals surface area contributed by atoms with Gasteiger partial charge in [-0.1, -0.05) is 12.1 Å². The Kier molecular flexibility index (Phi) is 5.45. The van der Waals surface area contributed by atoms with E-state index < -0.39 is 12.0 Å². The van der Waals surface area contributed by atoms with Crippen LogP contribution in [0, 0.1) is 0 Å². The minimum Gasteiger partial charge on any atom is -0.497 e. The molecule has 1 amide bonds. The van der Waals surface area contributed by atoms with E-state index in [0.29, 0.717) is 24.5 Å². The molecule has 0 saturated heterocycles. The van der Waals surface area contributed by atoms with Crippen LogP contribution in [0.3, 0.4) is 0 Å². The van der Waals surface area contributed by atoms with Crippen molar-refractivity contribution in [3.63, 3.8) is 0 Å². The number of aliphatic hydroxyl groups excluding tert-OH is 1. The van der Waals surface area contributed by atoms with Crippen molar-refractivity contribution in [1.29, 1.82) is 0 Å². The number of methoxy groups -OCH3 is 2. The Balaban J connectivity index is 2.55. The standard InChI is InChI=1S/C12H17NO4/c1-16-8-7-13-12(15)11(14)9-3-5-10(17-2)6-4-9/h3-6,11,14H,7-8H2,1-2H3,(H,13,15). The Hall–Kier alpha value is -1.59. The lowest BCUT2D eigenvalue weighted by atomic mass is 10.1. The zero-order valence-corrected chi connectivity index (χ0v) is 9.97. The lowest BCUT2D eigenvalue weighted by Gasteiger charge is -2.11. The molecule has 0 aliphatic heterocycles. The van der Waals surface area contributed by atoms with Crippen molar-refractivity contribution >= 4 is 5.91 Å². The quantitative estimate of drug-likeness (QED) is 0.709. The molecule has 17 heavy (non-hydrogen) atoms. The summed E-state index contributed by atoms with van der Waals surface area (Å²) in [6.07, 6.45) is -1.17. The molecule has 2 N–H and O–H groups in total. The Morgan fingerprint density at radius 1 is 1.35 bits per heavy atom. The normalized spacial score (nSPS) is 11.9. The van der Waals surface area contributed by atoms with Gasteiger partial charge in [-0.3, -0.25) is 4.79 Å². The smallest absolute Gasteiger partial charge is 0.253 e. The third-order valence-corrected chi connectivity index (χ3v) is 2.29. The van der Waals surface area contributed by atoms with E-state index in [1.807, 2.05) is 0 Å². The second kappa shape index (κ2) is 6.88. The van der Waals surface area contributed by atoms with E-state index in [9.17, 15) is 9.90 Å². The molecular weight excluding hydrogens is 222 g/mol. The topological polar surface area (TPSA) is 67.8 Å². The first-order valence-corrected chi connectivity index (χ1v) is 5.27. The molecule has 0 heterocycles. The number of hydrogen-bond acceptors (Lipinski definition) is 4. The van der Waals surface area contributed by atoms with Crippen molar-refractivity contribution in [2.24, 2.45) is 0 Å². The van der Waals surface area contributed by atoms with Crippen molar-refractivity contribution in [2.45, 2.75) is 6.10 Å². The molecular formula is C12H17NO4. The van der Waals surface area contributed by atoms with Crippen LogP contribution in [0.4, 0.5) is 0 Å². The first-order valence-electron chi connectivity index (χ1n) is 5.27. The Morgan fingerprint density at radius 2 is 2.00 bits per heavy atom. The van der Waals surface area contributed by atoms with Gasteiger partial charge in [0.15, 0.2) is 6.10 Å². The van der Waals surface area contributed by atoms with Gasteiger partial charge in [0.1, 0.15) is 5.75 Å². The number of amides is 1. The highest BCUT2D eigenvalue weighted by molar-refractivity contribution is 5.81. The first-order chi connectivity index (χ1) is 8.19. The van der Waals surface area contributed by atoms with Gasteiger partial charge in [0.25, 0.3) is 5.91 Å². The summed E-state index contributed by atoms with van der Waals surface area (Å²) in [4.78, 5) is 11.5. The molecule has 1 rings (SSSR count). The highest BCUT2D eigenvalue weighted by Gasteiger charge is 2.16. The van der Waals surface area contributed by atoms with Gasteiger partial charge in [-0.25, -0.2) is 0 Å². The molecule has 0 spiro atoms. The Labute approximate surface area is 100 Å². The molecule has 1 atom stereocenters. The van der Waals surface area contributed by atoms with Gasteiger partial charge < -0.3 is 19.9 Å². The Bertz CT molecular complexity index is 350. The van der Waals surface area contributed by atoms with E-state index in [1.165, 1.54) is 0 Å². The van der Waals surface area contributed by atoms with Gasteiger partial charge in [-0.05, 0) is 17.7 Å². The highest BCUT2D eigenvalue weighted by Crippen LogP contribution is 2.17. The van der Waals surface area contributed by atoms with E-state index in [0.717, 1.165) is 0 Å². The molecule has 5 nitrogen and oxygen atoms in total. The number of rotatable bonds is 6. The van der Waals surface area contributed by atoms with Gasteiger partial charge in [-0.15, -0.1) is 0 Å². The van der Waals surface area contributed by atoms with Crippen molar-refractivity contribution in [3.05, 3.63) is 29.8 Å². The summed E-state index contributed by atoms with van der Waals surface area (Å²) in [6.45, 7) is 0.795. The zero-order valence-electron chi connectivity index (χ0n) is 9.97. The van der Waals surface area contributed by atoms with Crippen LogP contribution in [0.25, 0.3) is 0 Å². The van der Waals surface area contributed by atoms with E-state index in [-0.39, 0.29) is 0 Å². The van der Waals surface area contributed by atoms with Crippen molar-refractivity contribution in [2.75, 3.05) is 27.4 Å². The molecule has 0 radical (unpaired) electrons. The minimum atomic E-state index is -1.17. The monoisotopic (exact) mass is 239 g/mol. The summed E-state index contributed by atoms with van der Waals surface area (Å²) in [5, 5.41) is 12.3. The summed E-state index contributed by atoms with van der Waals surface area (Å²) in [7, 11) is 3.11. The summed E-state index contributed by atoms with van der Waals surface area (Å²) in [5.74, 6) is 0.243. The molecule has 94 valence electrons. The summed E-state index contributed by atoms with van der Waals surface area (Å²) in [6, 6.07) is 6.70. The van der Waals surface area contributed by atoms with E-state index in [1.54, 1.807) is 38.5 Å². The molecule has 0 aliphatic rings. The number of carbonyl (C=O) groups excluding carboxylic acids is 1. The fraction of sp³-hybridized carbons (Fsp3) is 0.417. The molecule has 1 aromatic carbocycles. The van der Waals surface area contributed by atoms with Gasteiger partial charge in [0.05, 0.1) is 13.7 Å². The van der Waals surface area contributed by atoms with Gasteiger partial charge in [0.2, 0.25) is 0 Å². The van der Waals surface area contributed by atoms with Gasteiger partial charge in [0, 0.05) is 13.7 Å². The van der Waals surface area contributed by atoms with Crippen LogP contribution in [0.2, 0.25) is 0 Å². The molecule has 0 fully saturated rings. The number of aliphatic hydroxyl groups is 1. The van der Waals surface area contributed by atoms with Gasteiger partial charge >= 0.3 is 0 Å². The maximum atomic E-state index is 11.5. The van der Waals surface area contributed by atoms with Crippen LogP contribution in [-0.2, 0) is 9.53 Å². The summed E-state index contributed by atoms with van der Waals surface area (Å²) >= 11 is 0. The van der Waals surface area contributed by atoms with E-state index >= 15 is 0 Å². The van der Waals surface area contributed by atoms with Crippen LogP contribution in [0.15, 0.2) is 24.3 Å². The summed E-state index contributed by atoms with van der Waals surface area (Å²) < 4.78 is 9.79. The predicted octanol–water partition coefficient (Wildman–Crippen LogP) is 0.491. The zero-order chi connectivity index (χ0) is 12.7. The molecule has 0 aromatic heterocycles. The van der Waals surface area contributed by atoms with Crippen LogP contribution in [-0.4, -0.2) is 38.4 Å². The molecule has 1 aromatic rings. The van der Waals surface area contributed by atoms with Crippen LogP contribution < -0.4 is 10.1 Å². The number of ether oxygens (including phenoxy) is 2. The molecule has 0 bridgehead atoms. The predicted molar refractivity (Wildman–Crippen MR) is 62.8 cm³/mol. The van der Waals surface area contributed by atoms with Crippen LogP contribution in [0.5, 0.6) is 5.75 Å². The lowest BCUT2D eigenvalue weighted by molar-refractivity contribution is -0.129.